The Morgan fingerprint density at radius 1 is 0.271 bits per heavy atom. The lowest BCUT2D eigenvalue weighted by Crippen LogP contribution is -2.91. The van der Waals surface area contributed by atoms with Crippen LogP contribution in [0.4, 0.5) is 0 Å². The van der Waals surface area contributed by atoms with Crippen molar-refractivity contribution in [3.8, 4) is 0 Å². The molecule has 0 amide bonds. The molecular formula is C84H108O12. The summed E-state index contributed by atoms with van der Waals surface area (Å²) in [5.74, 6) is -8.41. The molecule has 1 aliphatic rings. The molecule has 1 saturated carbocycles. The molecule has 516 valence electrons. The quantitative estimate of drug-likeness (QED) is 0.0142. The van der Waals surface area contributed by atoms with Crippen molar-refractivity contribution in [2.45, 2.75) is 269 Å². The molecule has 0 radical (unpaired) electrons. The van der Waals surface area contributed by atoms with E-state index in [9.17, 15) is 15.3 Å². The van der Waals surface area contributed by atoms with Crippen molar-refractivity contribution in [2.75, 3.05) is 0 Å². The number of ketones is 3. The number of aryl methyl sites for hydroxylation is 6. The van der Waals surface area contributed by atoms with Gasteiger partial charge in [-0.2, -0.15) is 0 Å². The van der Waals surface area contributed by atoms with Gasteiger partial charge < -0.3 is 29.5 Å². The molecule has 6 atom stereocenters. The number of esters is 3. The van der Waals surface area contributed by atoms with Crippen molar-refractivity contribution >= 4 is 35.3 Å². The SMILES string of the molecule is CCCCCCc1ccc(C(=O)O[C@@]2(C(=O)c3ccc(CCCCCC)cc3)[C@@](OC(=O)c3ccc(CCCCCC)cc3)(C(=O)c3ccc(CCCCCC)cc3)[C@@H](O)[C@H](O)[C@@H](O)[C@@]2(OC(=O)c2ccc(CCCCCC)cc2)C(=O)c2ccc(CCCCCC)cc2)cc1. The van der Waals surface area contributed by atoms with Crippen molar-refractivity contribution in [3.63, 3.8) is 0 Å². The predicted octanol–water partition coefficient (Wildman–Crippen LogP) is 18.3. The van der Waals surface area contributed by atoms with Crippen LogP contribution in [0.25, 0.3) is 0 Å². The van der Waals surface area contributed by atoms with Gasteiger partial charge in [-0.3, -0.25) is 14.4 Å². The Morgan fingerprint density at radius 3 is 0.688 bits per heavy atom. The van der Waals surface area contributed by atoms with E-state index in [1.807, 2.05) is 0 Å². The van der Waals surface area contributed by atoms with Crippen LogP contribution in [0.2, 0.25) is 0 Å². The van der Waals surface area contributed by atoms with E-state index in [-0.39, 0.29) is 33.4 Å². The number of aliphatic hydroxyl groups excluding tert-OH is 3. The maximum absolute atomic E-state index is 17.6. The van der Waals surface area contributed by atoms with Crippen molar-refractivity contribution in [1.82, 2.24) is 0 Å². The van der Waals surface area contributed by atoms with Gasteiger partial charge in [-0.25, -0.2) is 14.4 Å². The highest BCUT2D eigenvalue weighted by Gasteiger charge is 2.88. The van der Waals surface area contributed by atoms with E-state index in [1.165, 1.54) is 72.8 Å². The van der Waals surface area contributed by atoms with Gasteiger partial charge in [-0.05, 0) is 147 Å². The van der Waals surface area contributed by atoms with Gasteiger partial charge in [-0.15, -0.1) is 0 Å². The van der Waals surface area contributed by atoms with Crippen molar-refractivity contribution in [3.05, 3.63) is 212 Å². The highest BCUT2D eigenvalue weighted by molar-refractivity contribution is 6.21. The first kappa shape index (κ1) is 76.0. The third-order valence-electron chi connectivity index (χ3n) is 19.4. The molecule has 0 aliphatic heterocycles. The summed E-state index contributed by atoms with van der Waals surface area (Å²) in [6.45, 7) is 12.7. The first-order valence-electron chi connectivity index (χ1n) is 36.5. The Bertz CT molecular complexity index is 3210. The molecule has 3 N–H and O–H groups in total. The third-order valence-corrected chi connectivity index (χ3v) is 19.4. The van der Waals surface area contributed by atoms with E-state index in [2.05, 4.69) is 41.5 Å². The van der Waals surface area contributed by atoms with Gasteiger partial charge in [0.05, 0.1) is 16.7 Å². The molecular weight excluding hydrogens is 1200 g/mol. The van der Waals surface area contributed by atoms with E-state index in [0.717, 1.165) is 187 Å². The van der Waals surface area contributed by atoms with Crippen LogP contribution in [0.5, 0.6) is 0 Å². The van der Waals surface area contributed by atoms with Crippen LogP contribution in [0.15, 0.2) is 146 Å². The first-order chi connectivity index (χ1) is 46.6. The summed E-state index contributed by atoms with van der Waals surface area (Å²) >= 11 is 0. The summed E-state index contributed by atoms with van der Waals surface area (Å²) in [7, 11) is 0. The van der Waals surface area contributed by atoms with Gasteiger partial charge >= 0.3 is 17.9 Å². The molecule has 1 fully saturated rings. The molecule has 1 aliphatic carbocycles. The summed E-state index contributed by atoms with van der Waals surface area (Å²) in [5.41, 5.74) is -8.21. The van der Waals surface area contributed by atoms with E-state index in [4.69, 9.17) is 14.2 Å². The van der Waals surface area contributed by atoms with Crippen molar-refractivity contribution in [1.29, 1.82) is 0 Å². The lowest BCUT2D eigenvalue weighted by Gasteiger charge is -2.60. The number of benzene rings is 6. The minimum Gasteiger partial charge on any atom is -0.439 e. The predicted molar refractivity (Wildman–Crippen MR) is 381 cm³/mol. The normalized spacial score (nSPS) is 19.2. The number of carbonyl (C=O) groups excluding carboxylic acids is 6. The maximum Gasteiger partial charge on any atom is 0.339 e. The van der Waals surface area contributed by atoms with Gasteiger partial charge in [0.25, 0.3) is 16.8 Å². The summed E-state index contributed by atoms with van der Waals surface area (Å²) in [6, 6.07) is 37.7. The fourth-order valence-electron chi connectivity index (χ4n) is 13.5. The average molecular weight is 1310 g/mol. The molecule has 0 heterocycles. The number of hydrogen-bond donors (Lipinski definition) is 3. The van der Waals surface area contributed by atoms with Crippen molar-refractivity contribution in [2.24, 2.45) is 0 Å². The van der Waals surface area contributed by atoms with Crippen LogP contribution in [0.1, 0.15) is 291 Å². The topological polar surface area (TPSA) is 191 Å². The average Bonchev–Trinajstić information content (AvgIpc) is 0.660. The zero-order chi connectivity index (χ0) is 68.9. The number of hydrogen-bond acceptors (Lipinski definition) is 12. The lowest BCUT2D eigenvalue weighted by molar-refractivity contribution is -0.293. The molecule has 0 bridgehead atoms. The summed E-state index contributed by atoms with van der Waals surface area (Å²) in [4.78, 5) is 100. The van der Waals surface area contributed by atoms with Crippen LogP contribution in [0.3, 0.4) is 0 Å². The first-order valence-corrected chi connectivity index (χ1v) is 36.5. The number of aliphatic hydroxyl groups is 3. The minimum absolute atomic E-state index is 0.192. The molecule has 96 heavy (non-hydrogen) atoms. The smallest absolute Gasteiger partial charge is 0.339 e. The second-order valence-electron chi connectivity index (χ2n) is 26.7. The Balaban J connectivity index is 1.62. The molecule has 0 spiro atoms. The maximum atomic E-state index is 17.6. The number of Topliss-reactive ketones (excluding diaryl/α,β-unsaturated/α-hetero) is 3. The monoisotopic (exact) mass is 1310 g/mol. The standard InChI is InChI=1S/C84H108O12/c1-7-13-19-25-31-61-37-49-67(50-38-61)74(86)82(94-79(91)70-55-43-64(44-56-70)34-28-22-16-10-4)77(89)73(85)78(90)83(75(87)68-51-39-62(40-52-68)32-26-20-14-8-2,95-80(92)71-57-45-65(46-58-71)35-29-23-17-11-5)84(82,76(88)69-53-41-63(42-54-69)33-27-21-15-9-3)96-81(93)72-59-47-66(48-60-72)36-30-24-18-12-6/h37-60,73,77-78,85,89-90H,7-36H2,1-6H3/t73-,77-,78+,82+,83-,84-. The van der Waals surface area contributed by atoms with E-state index < -0.39 is 70.4 Å². The number of carbonyl (C=O) groups is 6. The van der Waals surface area contributed by atoms with Crippen LogP contribution in [-0.2, 0) is 52.7 Å². The summed E-state index contributed by atoms with van der Waals surface area (Å²) in [5, 5.41) is 40.5. The van der Waals surface area contributed by atoms with Crippen LogP contribution in [-0.4, -0.2) is 85.7 Å². The van der Waals surface area contributed by atoms with Crippen LogP contribution >= 0.6 is 0 Å². The Morgan fingerprint density at radius 2 is 0.469 bits per heavy atom. The second kappa shape index (κ2) is 38.5. The van der Waals surface area contributed by atoms with Gasteiger partial charge in [-0.1, -0.05) is 266 Å². The Labute approximate surface area is 572 Å². The van der Waals surface area contributed by atoms with Gasteiger partial charge in [0.2, 0.25) is 17.3 Å². The molecule has 12 nitrogen and oxygen atoms in total. The largest absolute Gasteiger partial charge is 0.439 e. The highest BCUT2D eigenvalue weighted by Crippen LogP contribution is 2.56. The molecule has 6 aromatic rings. The number of ether oxygens (including phenoxy) is 3. The van der Waals surface area contributed by atoms with E-state index in [1.54, 1.807) is 72.8 Å². The molecule has 0 unspecified atom stereocenters. The fourth-order valence-corrected chi connectivity index (χ4v) is 13.5. The lowest BCUT2D eigenvalue weighted by atomic mass is 9.52. The zero-order valence-electron chi connectivity index (χ0n) is 58.3. The molecule has 7 rings (SSSR count). The summed E-state index contributed by atoms with van der Waals surface area (Å²) in [6.07, 6.45) is 18.3. The van der Waals surface area contributed by atoms with Crippen LogP contribution in [0, 0.1) is 0 Å². The number of rotatable bonds is 42. The van der Waals surface area contributed by atoms with Crippen LogP contribution < -0.4 is 0 Å². The highest BCUT2D eigenvalue weighted by atomic mass is 16.7. The minimum atomic E-state index is -4.01. The summed E-state index contributed by atoms with van der Waals surface area (Å²) < 4.78 is 20.6. The van der Waals surface area contributed by atoms with Gasteiger partial charge in [0, 0.05) is 16.7 Å². The van der Waals surface area contributed by atoms with E-state index in [0.29, 0.717) is 38.5 Å². The van der Waals surface area contributed by atoms with Gasteiger partial charge in [0.1, 0.15) is 18.3 Å². The zero-order valence-corrected chi connectivity index (χ0v) is 58.3. The van der Waals surface area contributed by atoms with Crippen molar-refractivity contribution < 1.29 is 58.3 Å². The Hall–Kier alpha value is -7.38. The van der Waals surface area contributed by atoms with E-state index >= 15 is 28.8 Å². The fraction of sp³-hybridized carbons (Fsp3) is 0.500. The molecule has 12 heteroatoms. The molecule has 0 aromatic heterocycles. The molecule has 0 saturated heterocycles. The third kappa shape index (κ3) is 18.8. The molecule has 6 aromatic carbocycles. The Kier molecular flexibility index (Phi) is 30.5. The number of unbranched alkanes of at least 4 members (excludes halogenated alkanes) is 18. The van der Waals surface area contributed by atoms with Gasteiger partial charge in [0.15, 0.2) is 0 Å². The second-order valence-corrected chi connectivity index (χ2v) is 26.7.